The van der Waals surface area contributed by atoms with Gasteiger partial charge in [0, 0.05) is 36.8 Å². The van der Waals surface area contributed by atoms with Crippen molar-refractivity contribution < 1.29 is 9.53 Å². The van der Waals surface area contributed by atoms with Gasteiger partial charge in [0.15, 0.2) is 0 Å². The molecule has 5 heteroatoms. The smallest absolute Gasteiger partial charge is 0.233 e. The Morgan fingerprint density at radius 1 is 0.964 bits per heavy atom. The summed E-state index contributed by atoms with van der Waals surface area (Å²) in [6.07, 6.45) is 0. The van der Waals surface area contributed by atoms with E-state index in [1.165, 1.54) is 32.8 Å². The number of carbonyl (C=O) groups excluding carboxylic acids is 1. The van der Waals surface area contributed by atoms with Crippen LogP contribution in [0.4, 0.5) is 5.69 Å². The molecule has 1 aliphatic heterocycles. The zero-order valence-electron chi connectivity index (χ0n) is 17.5. The van der Waals surface area contributed by atoms with Crippen molar-refractivity contribution in [2.24, 2.45) is 0 Å². The third-order valence-corrected chi connectivity index (χ3v) is 7.00. The number of thioether (sulfide) groups is 1. The topological polar surface area (TPSA) is 32.8 Å². The first-order valence-electron chi connectivity index (χ1n) is 9.77. The molecule has 1 amide bonds. The monoisotopic (exact) mass is 398 g/mol. The summed E-state index contributed by atoms with van der Waals surface area (Å²) in [5.74, 6) is 1.61. The van der Waals surface area contributed by atoms with Gasteiger partial charge >= 0.3 is 0 Å². The van der Waals surface area contributed by atoms with E-state index in [0.717, 1.165) is 31.9 Å². The Morgan fingerprint density at radius 3 is 2.07 bits per heavy atom. The number of hydrogen-bond acceptors (Lipinski definition) is 4. The van der Waals surface area contributed by atoms with Crippen LogP contribution in [-0.2, 0) is 4.79 Å². The molecular formula is C23H30N2O2S. The lowest BCUT2D eigenvalue weighted by Crippen LogP contribution is -2.49. The van der Waals surface area contributed by atoms with Gasteiger partial charge in [-0.25, -0.2) is 0 Å². The first-order chi connectivity index (χ1) is 13.4. The molecule has 0 spiro atoms. The summed E-state index contributed by atoms with van der Waals surface area (Å²) in [5.41, 5.74) is 6.37. The van der Waals surface area contributed by atoms with Crippen LogP contribution in [0.3, 0.4) is 0 Å². The minimum atomic E-state index is 0.234. The van der Waals surface area contributed by atoms with E-state index in [0.29, 0.717) is 5.75 Å². The molecule has 0 atom stereocenters. The number of aryl methyl sites for hydroxylation is 2. The number of nitrogens with zero attached hydrogens (tertiary/aromatic N) is 2. The Morgan fingerprint density at radius 2 is 1.54 bits per heavy atom. The first-order valence-corrected chi connectivity index (χ1v) is 10.8. The number of benzene rings is 2. The van der Waals surface area contributed by atoms with E-state index in [9.17, 15) is 4.79 Å². The lowest BCUT2D eigenvalue weighted by molar-refractivity contribution is -0.128. The van der Waals surface area contributed by atoms with Gasteiger partial charge in [-0.1, -0.05) is 6.07 Å². The van der Waals surface area contributed by atoms with Crippen molar-refractivity contribution in [3.05, 3.63) is 52.6 Å². The van der Waals surface area contributed by atoms with Gasteiger partial charge in [-0.3, -0.25) is 4.79 Å². The van der Waals surface area contributed by atoms with E-state index in [1.807, 2.05) is 17.0 Å². The van der Waals surface area contributed by atoms with Crippen LogP contribution in [-0.4, -0.2) is 49.8 Å². The summed E-state index contributed by atoms with van der Waals surface area (Å²) in [7, 11) is 1.68. The number of amides is 1. The Hall–Kier alpha value is -2.14. The second kappa shape index (κ2) is 8.91. The molecule has 3 rings (SSSR count). The average molecular weight is 399 g/mol. The van der Waals surface area contributed by atoms with E-state index in [2.05, 4.69) is 50.8 Å². The number of piperazine rings is 1. The maximum absolute atomic E-state index is 12.8. The normalized spacial score (nSPS) is 14.3. The third kappa shape index (κ3) is 4.46. The summed E-state index contributed by atoms with van der Waals surface area (Å²) >= 11 is 1.69. The van der Waals surface area contributed by atoms with Gasteiger partial charge in [-0.05, 0) is 74.2 Å². The Labute approximate surface area is 172 Å². The fourth-order valence-electron chi connectivity index (χ4n) is 3.63. The highest BCUT2D eigenvalue weighted by Gasteiger charge is 2.22. The van der Waals surface area contributed by atoms with Crippen LogP contribution in [0, 0.1) is 27.7 Å². The molecule has 2 aromatic rings. The standard InChI is InChI=1S/C23H30N2O2S/c1-16-14-17(2)19(4)23(18(16)3)28-15-22(26)25-12-10-24(11-13-25)20-6-8-21(27-5)9-7-20/h6-9,14H,10-13,15H2,1-5H3. The number of carbonyl (C=O) groups is 1. The highest BCUT2D eigenvalue weighted by molar-refractivity contribution is 8.00. The minimum Gasteiger partial charge on any atom is -0.497 e. The van der Waals surface area contributed by atoms with Crippen molar-refractivity contribution in [3.8, 4) is 5.75 Å². The number of anilines is 1. The number of rotatable bonds is 5. The van der Waals surface area contributed by atoms with Crippen LogP contribution in [0.15, 0.2) is 35.2 Å². The first kappa shape index (κ1) is 20.6. The van der Waals surface area contributed by atoms with Crippen molar-refractivity contribution >= 4 is 23.4 Å². The molecule has 1 fully saturated rings. The molecular weight excluding hydrogens is 368 g/mol. The molecule has 1 heterocycles. The summed E-state index contributed by atoms with van der Waals surface area (Å²) in [4.78, 5) is 18.4. The quantitative estimate of drug-likeness (QED) is 0.700. The maximum Gasteiger partial charge on any atom is 0.233 e. The molecule has 0 bridgehead atoms. The van der Waals surface area contributed by atoms with Crippen LogP contribution < -0.4 is 9.64 Å². The number of hydrogen-bond donors (Lipinski definition) is 0. The molecule has 1 saturated heterocycles. The largest absolute Gasteiger partial charge is 0.497 e. The van der Waals surface area contributed by atoms with E-state index >= 15 is 0 Å². The maximum atomic E-state index is 12.8. The van der Waals surface area contributed by atoms with Crippen molar-refractivity contribution in [3.63, 3.8) is 0 Å². The van der Waals surface area contributed by atoms with E-state index < -0.39 is 0 Å². The van der Waals surface area contributed by atoms with Crippen molar-refractivity contribution in [2.45, 2.75) is 32.6 Å². The number of ether oxygens (including phenoxy) is 1. The van der Waals surface area contributed by atoms with Crippen LogP contribution in [0.1, 0.15) is 22.3 Å². The molecule has 4 nitrogen and oxygen atoms in total. The zero-order valence-corrected chi connectivity index (χ0v) is 18.4. The molecule has 0 N–H and O–H groups in total. The van der Waals surface area contributed by atoms with Crippen LogP contribution >= 0.6 is 11.8 Å². The fraction of sp³-hybridized carbons (Fsp3) is 0.435. The molecule has 0 radical (unpaired) electrons. The van der Waals surface area contributed by atoms with Gasteiger partial charge in [0.25, 0.3) is 0 Å². The van der Waals surface area contributed by atoms with E-state index in [1.54, 1.807) is 18.9 Å². The van der Waals surface area contributed by atoms with Gasteiger partial charge in [0.2, 0.25) is 5.91 Å². The van der Waals surface area contributed by atoms with Crippen LogP contribution in [0.25, 0.3) is 0 Å². The fourth-order valence-corrected chi connectivity index (χ4v) is 4.83. The van der Waals surface area contributed by atoms with Crippen molar-refractivity contribution in [1.82, 2.24) is 4.90 Å². The van der Waals surface area contributed by atoms with E-state index in [4.69, 9.17) is 4.74 Å². The van der Waals surface area contributed by atoms with Gasteiger partial charge in [0.05, 0.1) is 12.9 Å². The third-order valence-electron chi connectivity index (χ3n) is 5.71. The Kier molecular flexibility index (Phi) is 6.55. The van der Waals surface area contributed by atoms with Gasteiger partial charge < -0.3 is 14.5 Å². The molecule has 150 valence electrons. The zero-order chi connectivity index (χ0) is 20.3. The summed E-state index contributed by atoms with van der Waals surface area (Å²) in [5, 5.41) is 0. The lowest BCUT2D eigenvalue weighted by Gasteiger charge is -2.36. The van der Waals surface area contributed by atoms with Gasteiger partial charge in [-0.2, -0.15) is 0 Å². The Balaban J connectivity index is 1.56. The molecule has 28 heavy (non-hydrogen) atoms. The summed E-state index contributed by atoms with van der Waals surface area (Å²) < 4.78 is 5.23. The average Bonchev–Trinajstić information content (AvgIpc) is 2.72. The van der Waals surface area contributed by atoms with Crippen molar-refractivity contribution in [1.29, 1.82) is 0 Å². The van der Waals surface area contributed by atoms with E-state index in [-0.39, 0.29) is 5.91 Å². The summed E-state index contributed by atoms with van der Waals surface area (Å²) in [6, 6.07) is 10.4. The highest BCUT2D eigenvalue weighted by atomic mass is 32.2. The lowest BCUT2D eigenvalue weighted by atomic mass is 10.0. The molecule has 0 saturated carbocycles. The SMILES string of the molecule is COc1ccc(N2CCN(C(=O)CSc3c(C)c(C)cc(C)c3C)CC2)cc1. The second-order valence-electron chi connectivity index (χ2n) is 7.44. The minimum absolute atomic E-state index is 0.234. The second-order valence-corrected chi connectivity index (χ2v) is 8.43. The molecule has 0 unspecified atom stereocenters. The van der Waals surface area contributed by atoms with Gasteiger partial charge in [-0.15, -0.1) is 11.8 Å². The Bertz CT molecular complexity index is 814. The van der Waals surface area contributed by atoms with Gasteiger partial charge in [0.1, 0.15) is 5.75 Å². The predicted molar refractivity (Wildman–Crippen MR) is 118 cm³/mol. The van der Waals surface area contributed by atoms with Crippen LogP contribution in [0.5, 0.6) is 5.75 Å². The molecule has 2 aromatic carbocycles. The highest BCUT2D eigenvalue weighted by Crippen LogP contribution is 2.31. The number of methoxy groups -OCH3 is 1. The summed E-state index contributed by atoms with van der Waals surface area (Å²) in [6.45, 7) is 11.9. The van der Waals surface area contributed by atoms with Crippen molar-refractivity contribution in [2.75, 3.05) is 43.9 Å². The predicted octanol–water partition coefficient (Wildman–Crippen LogP) is 4.37. The molecule has 0 aliphatic carbocycles. The van der Waals surface area contributed by atoms with Crippen LogP contribution in [0.2, 0.25) is 0 Å². The molecule has 1 aliphatic rings. The molecule has 0 aromatic heterocycles.